The van der Waals surface area contributed by atoms with Crippen LogP contribution in [0.5, 0.6) is 0 Å². The van der Waals surface area contributed by atoms with E-state index in [1.54, 1.807) is 9.80 Å². The molecule has 2 aromatic carbocycles. The Labute approximate surface area is 169 Å². The van der Waals surface area contributed by atoms with Crippen molar-refractivity contribution in [1.29, 1.82) is 0 Å². The molecule has 2 aromatic rings. The lowest BCUT2D eigenvalue weighted by molar-refractivity contribution is -0.117. The Hall–Kier alpha value is -2.73. The third-order valence-electron chi connectivity index (χ3n) is 5.32. The number of halogens is 1. The van der Waals surface area contributed by atoms with Gasteiger partial charge in [-0.25, -0.2) is 4.79 Å². The van der Waals surface area contributed by atoms with E-state index >= 15 is 0 Å². The Morgan fingerprint density at radius 1 is 0.964 bits per heavy atom. The third kappa shape index (κ3) is 3.92. The number of hydrogen-bond acceptors (Lipinski definition) is 3. The smallest absolute Gasteiger partial charge is 0.317 e. The summed E-state index contributed by atoms with van der Waals surface area (Å²) >= 11 is 6.06. The van der Waals surface area contributed by atoms with Crippen LogP contribution in [0.25, 0.3) is 0 Å². The van der Waals surface area contributed by atoms with Gasteiger partial charge in [0, 0.05) is 49.1 Å². The lowest BCUT2D eigenvalue weighted by Crippen LogP contribution is -2.53. The SMILES string of the molecule is O=C(NCC(=O)N1CCc2ccccc21)N1CCN(c2cccc(Cl)c2)CC1. The summed E-state index contributed by atoms with van der Waals surface area (Å²) in [5, 5.41) is 3.49. The number of nitrogens with zero attached hydrogens (tertiary/aromatic N) is 3. The minimum Gasteiger partial charge on any atom is -0.368 e. The molecular weight excluding hydrogens is 376 g/mol. The molecule has 2 aliphatic heterocycles. The zero-order valence-electron chi connectivity index (χ0n) is 15.6. The number of piperazine rings is 1. The standard InChI is InChI=1S/C21H23ClN4O2/c22-17-5-3-6-18(14-17)24-10-12-25(13-11-24)21(28)23-15-20(27)26-9-8-16-4-1-2-7-19(16)26/h1-7,14H,8-13,15H2,(H,23,28). The number of fused-ring (bicyclic) bond motifs is 1. The number of carbonyl (C=O) groups is 2. The van der Waals surface area contributed by atoms with Gasteiger partial charge in [-0.1, -0.05) is 35.9 Å². The highest BCUT2D eigenvalue weighted by atomic mass is 35.5. The predicted octanol–water partition coefficient (Wildman–Crippen LogP) is 2.76. The predicted molar refractivity (Wildman–Crippen MR) is 111 cm³/mol. The number of hydrogen-bond donors (Lipinski definition) is 1. The zero-order chi connectivity index (χ0) is 19.5. The van der Waals surface area contributed by atoms with Crippen LogP contribution in [0, 0.1) is 0 Å². The van der Waals surface area contributed by atoms with Gasteiger partial charge in [-0.3, -0.25) is 4.79 Å². The molecule has 0 unspecified atom stereocenters. The average molecular weight is 399 g/mol. The fourth-order valence-electron chi connectivity index (χ4n) is 3.80. The van der Waals surface area contributed by atoms with Crippen molar-refractivity contribution in [1.82, 2.24) is 10.2 Å². The molecule has 0 atom stereocenters. The molecule has 3 amide bonds. The van der Waals surface area contributed by atoms with Crippen LogP contribution in [0.15, 0.2) is 48.5 Å². The monoisotopic (exact) mass is 398 g/mol. The Morgan fingerprint density at radius 3 is 2.54 bits per heavy atom. The molecule has 4 rings (SSSR count). The van der Waals surface area contributed by atoms with Crippen LogP contribution < -0.4 is 15.1 Å². The van der Waals surface area contributed by atoms with Crippen molar-refractivity contribution in [2.75, 3.05) is 49.1 Å². The van der Waals surface area contributed by atoms with Crippen LogP contribution in [0.3, 0.4) is 0 Å². The molecule has 6 nitrogen and oxygen atoms in total. The number of amides is 3. The maximum absolute atomic E-state index is 12.5. The summed E-state index contributed by atoms with van der Waals surface area (Å²) in [4.78, 5) is 30.7. The number of nitrogens with one attached hydrogen (secondary N) is 1. The van der Waals surface area contributed by atoms with Gasteiger partial charge in [0.1, 0.15) is 0 Å². The first-order valence-electron chi connectivity index (χ1n) is 9.53. The van der Waals surface area contributed by atoms with E-state index in [0.29, 0.717) is 24.7 Å². The highest BCUT2D eigenvalue weighted by molar-refractivity contribution is 6.30. The molecule has 1 N–H and O–H groups in total. The van der Waals surface area contributed by atoms with Gasteiger partial charge in [0.25, 0.3) is 0 Å². The molecule has 0 saturated carbocycles. The summed E-state index contributed by atoms with van der Waals surface area (Å²) in [6.45, 7) is 3.38. The van der Waals surface area contributed by atoms with E-state index in [1.807, 2.05) is 48.5 Å². The third-order valence-corrected chi connectivity index (χ3v) is 5.55. The summed E-state index contributed by atoms with van der Waals surface area (Å²) in [5.74, 6) is -0.0733. The van der Waals surface area contributed by atoms with Crippen molar-refractivity contribution < 1.29 is 9.59 Å². The van der Waals surface area contributed by atoms with Gasteiger partial charge in [0.2, 0.25) is 5.91 Å². The van der Waals surface area contributed by atoms with Gasteiger partial charge in [-0.15, -0.1) is 0 Å². The quantitative estimate of drug-likeness (QED) is 0.864. The molecule has 0 radical (unpaired) electrons. The second kappa shape index (κ2) is 8.10. The fraction of sp³-hybridized carbons (Fsp3) is 0.333. The van der Waals surface area contributed by atoms with Gasteiger partial charge in [0.05, 0.1) is 6.54 Å². The summed E-state index contributed by atoms with van der Waals surface area (Å²) in [5.41, 5.74) is 3.20. The van der Waals surface area contributed by atoms with Crippen LogP contribution in [-0.4, -0.2) is 56.1 Å². The van der Waals surface area contributed by atoms with Crippen molar-refractivity contribution >= 4 is 34.9 Å². The van der Waals surface area contributed by atoms with Crippen molar-refractivity contribution in [2.45, 2.75) is 6.42 Å². The maximum Gasteiger partial charge on any atom is 0.317 e. The number of rotatable bonds is 3. The van der Waals surface area contributed by atoms with Crippen molar-refractivity contribution in [3.8, 4) is 0 Å². The highest BCUT2D eigenvalue weighted by Gasteiger charge is 2.26. The molecule has 2 aliphatic rings. The molecule has 0 aromatic heterocycles. The zero-order valence-corrected chi connectivity index (χ0v) is 16.4. The molecule has 1 saturated heterocycles. The molecule has 1 fully saturated rings. The van der Waals surface area contributed by atoms with E-state index in [-0.39, 0.29) is 18.5 Å². The topological polar surface area (TPSA) is 55.9 Å². The lowest BCUT2D eigenvalue weighted by Gasteiger charge is -2.36. The van der Waals surface area contributed by atoms with E-state index in [2.05, 4.69) is 10.2 Å². The van der Waals surface area contributed by atoms with E-state index in [9.17, 15) is 9.59 Å². The first kappa shape index (κ1) is 18.6. The summed E-state index contributed by atoms with van der Waals surface area (Å²) in [6, 6.07) is 15.5. The van der Waals surface area contributed by atoms with Crippen molar-refractivity contribution in [3.05, 3.63) is 59.1 Å². The summed E-state index contributed by atoms with van der Waals surface area (Å²) in [6.07, 6.45) is 0.862. The number of anilines is 2. The molecule has 0 spiro atoms. The van der Waals surface area contributed by atoms with E-state index < -0.39 is 0 Å². The maximum atomic E-state index is 12.5. The molecule has 28 heavy (non-hydrogen) atoms. The Bertz CT molecular complexity index is 880. The Balaban J connectivity index is 1.27. The van der Waals surface area contributed by atoms with Gasteiger partial charge in [0.15, 0.2) is 0 Å². The van der Waals surface area contributed by atoms with Crippen molar-refractivity contribution in [3.63, 3.8) is 0 Å². The molecule has 2 heterocycles. The second-order valence-electron chi connectivity index (χ2n) is 7.04. The first-order valence-corrected chi connectivity index (χ1v) is 9.91. The van der Waals surface area contributed by atoms with E-state index in [0.717, 1.165) is 30.9 Å². The molecular formula is C21H23ClN4O2. The van der Waals surface area contributed by atoms with Crippen molar-refractivity contribution in [2.24, 2.45) is 0 Å². The molecule has 146 valence electrons. The minimum absolute atomic E-state index is 0.0156. The number of para-hydroxylation sites is 1. The van der Waals surface area contributed by atoms with Gasteiger partial charge < -0.3 is 20.0 Å². The summed E-state index contributed by atoms with van der Waals surface area (Å²) < 4.78 is 0. The van der Waals surface area contributed by atoms with Gasteiger partial charge >= 0.3 is 6.03 Å². The van der Waals surface area contributed by atoms with Crippen LogP contribution >= 0.6 is 11.6 Å². The first-order chi connectivity index (χ1) is 13.6. The second-order valence-corrected chi connectivity index (χ2v) is 7.47. The fourth-order valence-corrected chi connectivity index (χ4v) is 3.98. The normalized spacial score (nSPS) is 16.1. The minimum atomic E-state index is -0.188. The van der Waals surface area contributed by atoms with Crippen LogP contribution in [0.2, 0.25) is 5.02 Å². The summed E-state index contributed by atoms with van der Waals surface area (Å²) in [7, 11) is 0. The van der Waals surface area contributed by atoms with E-state index in [1.165, 1.54) is 5.56 Å². The largest absolute Gasteiger partial charge is 0.368 e. The van der Waals surface area contributed by atoms with E-state index in [4.69, 9.17) is 11.6 Å². The number of urea groups is 1. The van der Waals surface area contributed by atoms with Crippen LogP contribution in [0.4, 0.5) is 16.2 Å². The molecule has 7 heteroatoms. The molecule has 0 bridgehead atoms. The Kier molecular flexibility index (Phi) is 5.39. The number of carbonyl (C=O) groups excluding carboxylic acids is 2. The van der Waals surface area contributed by atoms with Gasteiger partial charge in [-0.05, 0) is 36.2 Å². The number of benzene rings is 2. The average Bonchev–Trinajstić information content (AvgIpc) is 3.16. The highest BCUT2D eigenvalue weighted by Crippen LogP contribution is 2.27. The lowest BCUT2D eigenvalue weighted by atomic mass is 10.2. The van der Waals surface area contributed by atoms with Crippen LogP contribution in [-0.2, 0) is 11.2 Å². The molecule has 0 aliphatic carbocycles. The van der Waals surface area contributed by atoms with Gasteiger partial charge in [-0.2, -0.15) is 0 Å². The Morgan fingerprint density at radius 2 is 1.75 bits per heavy atom. The van der Waals surface area contributed by atoms with Crippen LogP contribution in [0.1, 0.15) is 5.56 Å².